The first-order valence-corrected chi connectivity index (χ1v) is 9.76. The average molecular weight is 355 g/mol. The fraction of sp³-hybridized carbons (Fsp3) is 0.278. The lowest BCUT2D eigenvalue weighted by atomic mass is 10.3. The summed E-state index contributed by atoms with van der Waals surface area (Å²) >= 11 is 3.01. The Hall–Kier alpha value is -1.92. The Balaban J connectivity index is 1.58. The van der Waals surface area contributed by atoms with E-state index in [0.717, 1.165) is 26.4 Å². The minimum atomic E-state index is 0.147. The molecule has 1 fully saturated rings. The van der Waals surface area contributed by atoms with Crippen LogP contribution in [0, 0.1) is 6.92 Å². The molecule has 0 amide bonds. The summed E-state index contributed by atoms with van der Waals surface area (Å²) in [4.78, 5) is 14.3. The number of aromatic nitrogens is 3. The van der Waals surface area contributed by atoms with E-state index in [1.807, 2.05) is 37.3 Å². The second kappa shape index (κ2) is 6.53. The Morgan fingerprint density at radius 2 is 2.00 bits per heavy atom. The van der Waals surface area contributed by atoms with E-state index in [0.29, 0.717) is 11.7 Å². The molecule has 0 radical (unpaired) electrons. The van der Waals surface area contributed by atoms with Crippen molar-refractivity contribution in [1.29, 1.82) is 0 Å². The molecule has 0 atom stereocenters. The Labute approximate surface area is 148 Å². The topological polar surface area (TPSA) is 47.8 Å². The molecule has 0 aliphatic heterocycles. The van der Waals surface area contributed by atoms with Gasteiger partial charge in [-0.2, -0.15) is 0 Å². The highest BCUT2D eigenvalue weighted by molar-refractivity contribution is 7.99. The van der Waals surface area contributed by atoms with Crippen molar-refractivity contribution in [2.45, 2.75) is 30.8 Å². The number of Topliss-reactive ketones (excluding diaryl/α,β-unsaturated/α-hetero) is 1. The Morgan fingerprint density at radius 1 is 1.21 bits per heavy atom. The van der Waals surface area contributed by atoms with E-state index in [4.69, 9.17) is 0 Å². The number of thioether (sulfide) groups is 1. The second-order valence-corrected chi connectivity index (χ2v) is 8.14. The molecule has 1 saturated carbocycles. The van der Waals surface area contributed by atoms with Crippen molar-refractivity contribution in [3.8, 4) is 5.69 Å². The van der Waals surface area contributed by atoms with Crippen LogP contribution in [0.1, 0.15) is 39.1 Å². The number of carbonyl (C=O) groups is 1. The minimum absolute atomic E-state index is 0.147. The van der Waals surface area contributed by atoms with Gasteiger partial charge in [0.05, 0.1) is 10.6 Å². The Bertz CT molecular complexity index is 866. The van der Waals surface area contributed by atoms with E-state index in [-0.39, 0.29) is 5.78 Å². The van der Waals surface area contributed by atoms with E-state index in [2.05, 4.69) is 26.9 Å². The molecule has 0 spiro atoms. The summed E-state index contributed by atoms with van der Waals surface area (Å²) in [5.74, 6) is 2.05. The maximum atomic E-state index is 12.4. The maximum absolute atomic E-state index is 12.4. The molecule has 1 aromatic carbocycles. The fourth-order valence-electron chi connectivity index (χ4n) is 2.59. The number of aryl methyl sites for hydroxylation is 1. The van der Waals surface area contributed by atoms with Gasteiger partial charge in [-0.25, -0.2) is 0 Å². The van der Waals surface area contributed by atoms with Crippen LogP contribution in [0.15, 0.2) is 47.6 Å². The summed E-state index contributed by atoms with van der Waals surface area (Å²) < 4.78 is 2.11. The zero-order valence-corrected chi connectivity index (χ0v) is 14.9. The normalized spacial score (nSPS) is 14.0. The molecule has 2 aromatic heterocycles. The van der Waals surface area contributed by atoms with Crippen LogP contribution in [0.3, 0.4) is 0 Å². The van der Waals surface area contributed by atoms with Gasteiger partial charge in [0.25, 0.3) is 0 Å². The smallest absolute Gasteiger partial charge is 0.196 e. The number of rotatable bonds is 6. The molecule has 4 nitrogen and oxygen atoms in total. The molecule has 2 heterocycles. The summed E-state index contributed by atoms with van der Waals surface area (Å²) in [7, 11) is 0. The van der Waals surface area contributed by atoms with E-state index in [1.54, 1.807) is 11.3 Å². The predicted octanol–water partition coefficient (Wildman–Crippen LogP) is 4.49. The number of thiophene rings is 1. The summed E-state index contributed by atoms with van der Waals surface area (Å²) in [5, 5.41) is 9.54. The first-order valence-electron chi connectivity index (χ1n) is 7.95. The van der Waals surface area contributed by atoms with Crippen LogP contribution in [-0.4, -0.2) is 26.3 Å². The van der Waals surface area contributed by atoms with Gasteiger partial charge in [-0.1, -0.05) is 30.0 Å². The Kier molecular flexibility index (Phi) is 4.24. The van der Waals surface area contributed by atoms with Crippen molar-refractivity contribution < 1.29 is 4.79 Å². The standard InChI is InChI=1S/C18H17N3OS2/c1-12-7-10-16(24-12)15(22)11-23-18-20-19-17(13-8-9-13)21(18)14-5-3-2-4-6-14/h2-7,10,13H,8-9,11H2,1H3. The van der Waals surface area contributed by atoms with Gasteiger partial charge in [0.15, 0.2) is 10.9 Å². The molecule has 0 saturated heterocycles. The van der Waals surface area contributed by atoms with Crippen molar-refractivity contribution in [1.82, 2.24) is 14.8 Å². The molecule has 6 heteroatoms. The molecule has 3 aromatic rings. The minimum Gasteiger partial charge on any atom is -0.292 e. The molecule has 1 aliphatic rings. The number of ketones is 1. The van der Waals surface area contributed by atoms with Crippen molar-refractivity contribution >= 4 is 28.9 Å². The molecule has 0 N–H and O–H groups in total. The van der Waals surface area contributed by atoms with Crippen LogP contribution >= 0.6 is 23.1 Å². The summed E-state index contributed by atoms with van der Waals surface area (Å²) in [5.41, 5.74) is 1.06. The number of benzene rings is 1. The number of para-hydroxylation sites is 1. The number of hydrogen-bond donors (Lipinski definition) is 0. The number of carbonyl (C=O) groups excluding carboxylic acids is 1. The number of nitrogens with zero attached hydrogens (tertiary/aromatic N) is 3. The fourth-order valence-corrected chi connectivity index (χ4v) is 4.32. The van der Waals surface area contributed by atoms with E-state index in [9.17, 15) is 4.79 Å². The molecule has 0 bridgehead atoms. The highest BCUT2D eigenvalue weighted by Crippen LogP contribution is 2.41. The van der Waals surface area contributed by atoms with Gasteiger partial charge in [-0.15, -0.1) is 21.5 Å². The SMILES string of the molecule is Cc1ccc(C(=O)CSc2nnc(C3CC3)n2-c2ccccc2)s1. The monoisotopic (exact) mass is 355 g/mol. The van der Waals surface area contributed by atoms with Crippen molar-refractivity contribution in [2.75, 3.05) is 5.75 Å². The van der Waals surface area contributed by atoms with Crippen molar-refractivity contribution in [2.24, 2.45) is 0 Å². The lowest BCUT2D eigenvalue weighted by Gasteiger charge is -2.09. The van der Waals surface area contributed by atoms with E-state index >= 15 is 0 Å². The maximum Gasteiger partial charge on any atom is 0.196 e. The van der Waals surface area contributed by atoms with Gasteiger partial charge in [-0.3, -0.25) is 9.36 Å². The van der Waals surface area contributed by atoms with Crippen LogP contribution in [0.2, 0.25) is 0 Å². The van der Waals surface area contributed by atoms with Gasteiger partial charge >= 0.3 is 0 Å². The predicted molar refractivity (Wildman–Crippen MR) is 97.4 cm³/mol. The van der Waals surface area contributed by atoms with E-state index in [1.165, 1.54) is 24.6 Å². The molecular formula is C18H17N3OS2. The highest BCUT2D eigenvalue weighted by atomic mass is 32.2. The van der Waals surface area contributed by atoms with Gasteiger partial charge in [0.2, 0.25) is 0 Å². The second-order valence-electron chi connectivity index (χ2n) is 5.91. The molecule has 1 aliphatic carbocycles. The quantitative estimate of drug-likeness (QED) is 0.483. The van der Waals surface area contributed by atoms with Gasteiger partial charge < -0.3 is 0 Å². The summed E-state index contributed by atoms with van der Waals surface area (Å²) in [6.45, 7) is 2.02. The molecule has 4 rings (SSSR count). The van der Waals surface area contributed by atoms with Gasteiger partial charge in [0, 0.05) is 16.5 Å². The molecule has 24 heavy (non-hydrogen) atoms. The van der Waals surface area contributed by atoms with Crippen molar-refractivity contribution in [3.63, 3.8) is 0 Å². The zero-order chi connectivity index (χ0) is 16.5. The highest BCUT2D eigenvalue weighted by Gasteiger charge is 2.31. The molecule has 122 valence electrons. The third kappa shape index (κ3) is 3.16. The van der Waals surface area contributed by atoms with Gasteiger partial charge in [-0.05, 0) is 44.0 Å². The molecule has 0 unspecified atom stereocenters. The van der Waals surface area contributed by atoms with Crippen LogP contribution in [0.25, 0.3) is 5.69 Å². The third-order valence-electron chi connectivity index (χ3n) is 3.96. The Morgan fingerprint density at radius 3 is 2.67 bits per heavy atom. The lowest BCUT2D eigenvalue weighted by molar-refractivity contribution is 0.102. The molecular weight excluding hydrogens is 338 g/mol. The lowest BCUT2D eigenvalue weighted by Crippen LogP contribution is -2.04. The van der Waals surface area contributed by atoms with Crippen LogP contribution in [-0.2, 0) is 0 Å². The van der Waals surface area contributed by atoms with Crippen LogP contribution < -0.4 is 0 Å². The summed E-state index contributed by atoms with van der Waals surface area (Å²) in [6, 6.07) is 14.0. The van der Waals surface area contributed by atoms with Crippen molar-refractivity contribution in [3.05, 3.63) is 58.0 Å². The first-order chi connectivity index (χ1) is 11.7. The zero-order valence-electron chi connectivity index (χ0n) is 13.3. The largest absolute Gasteiger partial charge is 0.292 e. The van der Waals surface area contributed by atoms with Crippen LogP contribution in [0.4, 0.5) is 0 Å². The van der Waals surface area contributed by atoms with Crippen LogP contribution in [0.5, 0.6) is 0 Å². The average Bonchev–Trinajstić information content (AvgIpc) is 3.21. The first kappa shape index (κ1) is 15.6. The summed E-state index contributed by atoms with van der Waals surface area (Å²) in [6.07, 6.45) is 2.34. The van der Waals surface area contributed by atoms with Gasteiger partial charge in [0.1, 0.15) is 5.82 Å². The third-order valence-corrected chi connectivity index (χ3v) is 5.93. The van der Waals surface area contributed by atoms with E-state index < -0.39 is 0 Å². The number of hydrogen-bond acceptors (Lipinski definition) is 5.